The zero-order chi connectivity index (χ0) is 17.5. The number of rotatable bonds is 6. The zero-order valence-electron chi connectivity index (χ0n) is 15.6. The summed E-state index contributed by atoms with van der Waals surface area (Å²) < 4.78 is 0. The van der Waals surface area contributed by atoms with Crippen molar-refractivity contribution in [3.63, 3.8) is 0 Å². The second kappa shape index (κ2) is 10.1. The maximum absolute atomic E-state index is 6.02. The summed E-state index contributed by atoms with van der Waals surface area (Å²) in [6.07, 6.45) is 2.28. The summed E-state index contributed by atoms with van der Waals surface area (Å²) in [4.78, 5) is 4.44. The fourth-order valence-corrected chi connectivity index (χ4v) is 2.56. The van der Waals surface area contributed by atoms with Crippen LogP contribution in [0.2, 0.25) is 0 Å². The summed E-state index contributed by atoms with van der Waals surface area (Å²) in [6, 6.07) is 16.7. The van der Waals surface area contributed by atoms with Crippen molar-refractivity contribution in [2.24, 2.45) is 10.7 Å². The first-order chi connectivity index (χ1) is 11.5. The topological polar surface area (TPSA) is 50.4 Å². The summed E-state index contributed by atoms with van der Waals surface area (Å²) in [5.41, 5.74) is 10.5. The van der Waals surface area contributed by atoms with Crippen molar-refractivity contribution in [2.45, 2.75) is 52.4 Å². The average molecular weight is 360 g/mol. The van der Waals surface area contributed by atoms with E-state index in [0.717, 1.165) is 24.2 Å². The Bertz CT molecular complexity index is 663. The Kier molecular flexibility index (Phi) is 8.50. The van der Waals surface area contributed by atoms with Gasteiger partial charge in [0.05, 0.1) is 5.69 Å². The predicted octanol–water partition coefficient (Wildman–Crippen LogP) is 6.19. The molecule has 0 saturated carbocycles. The van der Waals surface area contributed by atoms with Crippen LogP contribution < -0.4 is 11.1 Å². The van der Waals surface area contributed by atoms with E-state index < -0.39 is 0 Å². The minimum absolute atomic E-state index is 0. The summed E-state index contributed by atoms with van der Waals surface area (Å²) in [7, 11) is 0. The molecule has 0 amide bonds. The Labute approximate surface area is 158 Å². The number of halogens is 1. The molecule has 0 aliphatic carbocycles. The van der Waals surface area contributed by atoms with Crippen LogP contribution in [0, 0.1) is 0 Å². The number of aliphatic imine (C=N–C) groups is 1. The minimum atomic E-state index is 0. The lowest BCUT2D eigenvalue weighted by molar-refractivity contribution is 0.734. The molecule has 0 aliphatic heterocycles. The lowest BCUT2D eigenvalue weighted by atomic mass is 9.99. The van der Waals surface area contributed by atoms with Crippen molar-refractivity contribution in [1.29, 1.82) is 0 Å². The van der Waals surface area contributed by atoms with Gasteiger partial charge in [-0.2, -0.15) is 0 Å². The van der Waals surface area contributed by atoms with Gasteiger partial charge in [-0.05, 0) is 60.1 Å². The molecule has 0 radical (unpaired) electrons. The standard InChI is InChI=1S/C21H29N3.ClH/c1-5-15(3)17-7-11-19(12-8-17)23-21(22)24-20-13-9-18(10-14-20)16(4)6-2;/h7-16H,5-6H2,1-4H3,(H3,22,23,24);1H. The van der Waals surface area contributed by atoms with E-state index in [1.165, 1.54) is 11.1 Å². The van der Waals surface area contributed by atoms with Crippen LogP contribution in [0.4, 0.5) is 11.4 Å². The zero-order valence-corrected chi connectivity index (χ0v) is 16.4. The molecule has 0 aromatic heterocycles. The number of benzene rings is 2. The van der Waals surface area contributed by atoms with Gasteiger partial charge in [-0.3, -0.25) is 0 Å². The van der Waals surface area contributed by atoms with Crippen LogP contribution >= 0.6 is 12.4 Å². The van der Waals surface area contributed by atoms with Gasteiger partial charge in [0.2, 0.25) is 0 Å². The van der Waals surface area contributed by atoms with E-state index in [1.54, 1.807) is 0 Å². The summed E-state index contributed by atoms with van der Waals surface area (Å²) >= 11 is 0. The summed E-state index contributed by atoms with van der Waals surface area (Å²) in [6.45, 7) is 8.87. The molecule has 0 heterocycles. The van der Waals surface area contributed by atoms with Crippen molar-refractivity contribution in [1.82, 2.24) is 0 Å². The largest absolute Gasteiger partial charge is 0.369 e. The third-order valence-electron chi connectivity index (χ3n) is 4.69. The van der Waals surface area contributed by atoms with Gasteiger partial charge in [0.25, 0.3) is 0 Å². The van der Waals surface area contributed by atoms with Crippen LogP contribution in [0.25, 0.3) is 0 Å². The Hall–Kier alpha value is -2.00. The Balaban J connectivity index is 0.00000312. The van der Waals surface area contributed by atoms with E-state index in [2.05, 4.69) is 74.4 Å². The molecule has 2 atom stereocenters. The van der Waals surface area contributed by atoms with E-state index in [1.807, 2.05) is 12.1 Å². The van der Waals surface area contributed by atoms with Gasteiger partial charge in [-0.25, -0.2) is 4.99 Å². The fourth-order valence-electron chi connectivity index (χ4n) is 2.56. The highest BCUT2D eigenvalue weighted by molar-refractivity contribution is 5.93. The molecule has 2 rings (SSSR count). The first-order valence-electron chi connectivity index (χ1n) is 8.84. The molecule has 2 aromatic carbocycles. The first kappa shape index (κ1) is 21.0. The lowest BCUT2D eigenvalue weighted by Crippen LogP contribution is -2.21. The molecule has 0 spiro atoms. The molecule has 0 bridgehead atoms. The third-order valence-corrected chi connectivity index (χ3v) is 4.69. The Morgan fingerprint density at radius 3 is 1.76 bits per heavy atom. The highest BCUT2D eigenvalue weighted by atomic mass is 35.5. The maximum atomic E-state index is 6.02. The summed E-state index contributed by atoms with van der Waals surface area (Å²) in [5.74, 6) is 1.55. The second-order valence-corrected chi connectivity index (χ2v) is 6.45. The predicted molar refractivity (Wildman–Crippen MR) is 112 cm³/mol. The number of hydrogen-bond acceptors (Lipinski definition) is 1. The number of nitrogens with one attached hydrogen (secondary N) is 1. The van der Waals surface area contributed by atoms with E-state index >= 15 is 0 Å². The highest BCUT2D eigenvalue weighted by Crippen LogP contribution is 2.22. The molecular formula is C21H30ClN3. The van der Waals surface area contributed by atoms with Gasteiger partial charge in [0.15, 0.2) is 5.96 Å². The van der Waals surface area contributed by atoms with Gasteiger partial charge >= 0.3 is 0 Å². The molecule has 3 nitrogen and oxygen atoms in total. The quantitative estimate of drug-likeness (QED) is 0.477. The molecule has 2 unspecified atom stereocenters. The van der Waals surface area contributed by atoms with E-state index in [0.29, 0.717) is 17.8 Å². The van der Waals surface area contributed by atoms with Crippen LogP contribution in [0.15, 0.2) is 53.5 Å². The Morgan fingerprint density at radius 2 is 1.32 bits per heavy atom. The van der Waals surface area contributed by atoms with Gasteiger partial charge in [-0.15, -0.1) is 12.4 Å². The molecule has 3 N–H and O–H groups in total. The number of anilines is 1. The number of guanidine groups is 1. The van der Waals surface area contributed by atoms with Crippen molar-refractivity contribution in [3.05, 3.63) is 59.7 Å². The van der Waals surface area contributed by atoms with Crippen LogP contribution in [-0.2, 0) is 0 Å². The SMILES string of the molecule is CCC(C)c1ccc(N=C(N)Nc2ccc(C(C)CC)cc2)cc1.Cl. The van der Waals surface area contributed by atoms with E-state index in [-0.39, 0.29) is 12.4 Å². The Morgan fingerprint density at radius 1 is 0.880 bits per heavy atom. The molecule has 2 aromatic rings. The van der Waals surface area contributed by atoms with Crippen molar-refractivity contribution in [3.8, 4) is 0 Å². The van der Waals surface area contributed by atoms with Gasteiger partial charge in [0.1, 0.15) is 0 Å². The molecular weight excluding hydrogens is 330 g/mol. The first-order valence-corrected chi connectivity index (χ1v) is 8.84. The van der Waals surface area contributed by atoms with Crippen LogP contribution in [0.5, 0.6) is 0 Å². The van der Waals surface area contributed by atoms with E-state index in [9.17, 15) is 0 Å². The molecule has 0 saturated heterocycles. The van der Waals surface area contributed by atoms with Gasteiger partial charge < -0.3 is 11.1 Å². The second-order valence-electron chi connectivity index (χ2n) is 6.45. The van der Waals surface area contributed by atoms with Crippen molar-refractivity contribution >= 4 is 29.7 Å². The number of nitrogens with two attached hydrogens (primary N) is 1. The molecule has 0 aliphatic rings. The van der Waals surface area contributed by atoms with Crippen LogP contribution in [0.1, 0.15) is 63.5 Å². The fraction of sp³-hybridized carbons (Fsp3) is 0.381. The maximum Gasteiger partial charge on any atom is 0.198 e. The van der Waals surface area contributed by atoms with Gasteiger partial charge in [0, 0.05) is 5.69 Å². The average Bonchev–Trinajstić information content (AvgIpc) is 2.61. The smallest absolute Gasteiger partial charge is 0.198 e. The summed E-state index contributed by atoms with van der Waals surface area (Å²) in [5, 5.41) is 3.15. The monoisotopic (exact) mass is 359 g/mol. The molecule has 25 heavy (non-hydrogen) atoms. The van der Waals surface area contributed by atoms with Crippen LogP contribution in [-0.4, -0.2) is 5.96 Å². The van der Waals surface area contributed by atoms with Crippen LogP contribution in [0.3, 0.4) is 0 Å². The molecule has 136 valence electrons. The third kappa shape index (κ3) is 6.09. The lowest BCUT2D eigenvalue weighted by Gasteiger charge is -2.11. The van der Waals surface area contributed by atoms with Crippen molar-refractivity contribution in [2.75, 3.05) is 5.32 Å². The number of hydrogen-bond donors (Lipinski definition) is 2. The van der Waals surface area contributed by atoms with Gasteiger partial charge in [-0.1, -0.05) is 52.0 Å². The molecule has 0 fully saturated rings. The molecule has 4 heteroatoms. The minimum Gasteiger partial charge on any atom is -0.369 e. The number of nitrogens with zero attached hydrogens (tertiary/aromatic N) is 1. The van der Waals surface area contributed by atoms with E-state index in [4.69, 9.17) is 5.73 Å². The van der Waals surface area contributed by atoms with Crippen molar-refractivity contribution < 1.29 is 0 Å². The normalized spacial score (nSPS) is 13.7. The highest BCUT2D eigenvalue weighted by Gasteiger charge is 2.04.